The Bertz CT molecular complexity index is 552. The lowest BCUT2D eigenvalue weighted by molar-refractivity contribution is -0.385. The van der Waals surface area contributed by atoms with Crippen molar-refractivity contribution in [2.75, 3.05) is 0 Å². The summed E-state index contributed by atoms with van der Waals surface area (Å²) in [6.45, 7) is 0. The molecule has 2 aromatic heterocycles. The molecule has 0 fully saturated rings. The van der Waals surface area contributed by atoms with Crippen molar-refractivity contribution in [3.8, 4) is 0 Å². The van der Waals surface area contributed by atoms with Crippen molar-refractivity contribution in [1.29, 1.82) is 0 Å². The maximum Gasteiger partial charge on any atom is 0.275 e. The van der Waals surface area contributed by atoms with Gasteiger partial charge in [0.1, 0.15) is 10.2 Å². The highest BCUT2D eigenvalue weighted by Crippen LogP contribution is 2.27. The maximum atomic E-state index is 10.6. The highest BCUT2D eigenvalue weighted by atomic mass is 35.5. The zero-order valence-electron chi connectivity index (χ0n) is 8.28. The quantitative estimate of drug-likeness (QED) is 0.368. The molecule has 2 aromatic rings. The molecule has 2 rings (SSSR count). The lowest BCUT2D eigenvalue weighted by atomic mass is 10.4. The molecule has 17 heavy (non-hydrogen) atoms. The average Bonchev–Trinajstić information content (AvgIpc) is 2.29. The van der Waals surface area contributed by atoms with Gasteiger partial charge in [-0.3, -0.25) is 10.1 Å². The van der Waals surface area contributed by atoms with Gasteiger partial charge in [0, 0.05) is 18.5 Å². The number of hydrogen-bond donors (Lipinski definition) is 0. The van der Waals surface area contributed by atoms with E-state index in [0.29, 0.717) is 10.2 Å². The smallest absolute Gasteiger partial charge is 0.258 e. The Morgan fingerprint density at radius 2 is 2.00 bits per heavy atom. The summed E-state index contributed by atoms with van der Waals surface area (Å²) >= 11 is 6.80. The molecular weight excluding hydrogens is 264 g/mol. The van der Waals surface area contributed by atoms with Crippen LogP contribution in [0.4, 0.5) is 5.69 Å². The van der Waals surface area contributed by atoms with Crippen molar-refractivity contribution >= 4 is 29.1 Å². The van der Waals surface area contributed by atoms with E-state index < -0.39 is 4.92 Å². The molecule has 0 unspecified atom stereocenters. The van der Waals surface area contributed by atoms with E-state index >= 15 is 0 Å². The normalized spacial score (nSPS) is 10.2. The fourth-order valence-electron chi connectivity index (χ4n) is 1.05. The molecule has 0 aliphatic heterocycles. The molecule has 0 saturated carbocycles. The van der Waals surface area contributed by atoms with Crippen molar-refractivity contribution in [3.63, 3.8) is 0 Å². The predicted octanol–water partition coefficient (Wildman–Crippen LogP) is 2.58. The number of hydrogen-bond acceptors (Lipinski definition) is 6. The van der Waals surface area contributed by atoms with Crippen molar-refractivity contribution < 1.29 is 4.92 Å². The van der Waals surface area contributed by atoms with Gasteiger partial charge >= 0.3 is 0 Å². The molecule has 0 amide bonds. The van der Waals surface area contributed by atoms with E-state index in [1.165, 1.54) is 12.1 Å². The van der Waals surface area contributed by atoms with E-state index in [-0.39, 0.29) is 10.8 Å². The summed E-state index contributed by atoms with van der Waals surface area (Å²) in [5, 5.41) is 11.5. The molecular formula is C9H5ClN4O2S. The minimum absolute atomic E-state index is 0.0673. The van der Waals surface area contributed by atoms with E-state index in [9.17, 15) is 10.1 Å². The van der Waals surface area contributed by atoms with Crippen molar-refractivity contribution in [3.05, 3.63) is 45.9 Å². The van der Waals surface area contributed by atoms with Gasteiger partial charge in [0.2, 0.25) is 0 Å². The summed E-state index contributed by atoms with van der Waals surface area (Å²) in [6.07, 6.45) is 3.16. The second kappa shape index (κ2) is 5.07. The summed E-state index contributed by atoms with van der Waals surface area (Å²) in [4.78, 5) is 22.0. The van der Waals surface area contributed by atoms with Gasteiger partial charge in [0.15, 0.2) is 5.16 Å². The number of halogens is 1. The lowest BCUT2D eigenvalue weighted by Gasteiger charge is -1.99. The van der Waals surface area contributed by atoms with Crippen molar-refractivity contribution in [2.24, 2.45) is 0 Å². The molecule has 2 heterocycles. The third kappa shape index (κ3) is 3.11. The number of nitrogens with zero attached hydrogens (tertiary/aromatic N) is 4. The first-order valence-corrected chi connectivity index (χ1v) is 5.61. The van der Waals surface area contributed by atoms with Crippen LogP contribution in [0.15, 0.2) is 40.8 Å². The van der Waals surface area contributed by atoms with Crippen LogP contribution in [-0.4, -0.2) is 19.9 Å². The summed E-state index contributed by atoms with van der Waals surface area (Å²) in [7, 11) is 0. The van der Waals surface area contributed by atoms with Crippen LogP contribution in [0.25, 0.3) is 0 Å². The largest absolute Gasteiger partial charge is 0.275 e. The van der Waals surface area contributed by atoms with E-state index in [2.05, 4.69) is 15.0 Å². The van der Waals surface area contributed by atoms with Gasteiger partial charge < -0.3 is 0 Å². The first kappa shape index (κ1) is 11.7. The second-order valence-corrected chi connectivity index (χ2v) is 4.25. The van der Waals surface area contributed by atoms with Crippen LogP contribution in [0.2, 0.25) is 5.15 Å². The van der Waals surface area contributed by atoms with Crippen LogP contribution in [0, 0.1) is 10.1 Å². The highest BCUT2D eigenvalue weighted by molar-refractivity contribution is 7.99. The first-order chi connectivity index (χ1) is 8.15. The zero-order valence-corrected chi connectivity index (χ0v) is 9.85. The van der Waals surface area contributed by atoms with Crippen LogP contribution in [0.1, 0.15) is 0 Å². The van der Waals surface area contributed by atoms with E-state index in [1.54, 1.807) is 18.5 Å². The van der Waals surface area contributed by atoms with Crippen LogP contribution >= 0.6 is 23.4 Å². The predicted molar refractivity (Wildman–Crippen MR) is 62.1 cm³/mol. The molecule has 0 saturated heterocycles. The zero-order chi connectivity index (χ0) is 12.3. The molecule has 0 aliphatic rings. The molecule has 0 N–H and O–H groups in total. The summed E-state index contributed by atoms with van der Waals surface area (Å²) in [6, 6.07) is 4.20. The molecule has 0 aromatic carbocycles. The van der Waals surface area contributed by atoms with E-state index in [4.69, 9.17) is 11.6 Å². The molecule has 0 aliphatic carbocycles. The molecule has 0 atom stereocenters. The van der Waals surface area contributed by atoms with Gasteiger partial charge in [-0.1, -0.05) is 11.6 Å². The Labute approximate surface area is 105 Å². The molecule has 0 radical (unpaired) electrons. The molecule has 0 bridgehead atoms. The Balaban J connectivity index is 2.30. The topological polar surface area (TPSA) is 81.8 Å². The Hall–Kier alpha value is -1.73. The SMILES string of the molecule is O=[N+]([O-])c1cc(Cl)nc(Sc2ncccn2)c1. The Morgan fingerprint density at radius 3 is 2.65 bits per heavy atom. The average molecular weight is 269 g/mol. The minimum Gasteiger partial charge on any atom is -0.258 e. The highest BCUT2D eigenvalue weighted by Gasteiger charge is 2.11. The van der Waals surface area contributed by atoms with Gasteiger partial charge in [-0.25, -0.2) is 15.0 Å². The van der Waals surface area contributed by atoms with E-state index in [0.717, 1.165) is 11.8 Å². The van der Waals surface area contributed by atoms with Crippen LogP contribution < -0.4 is 0 Å². The Morgan fingerprint density at radius 1 is 1.29 bits per heavy atom. The van der Waals surface area contributed by atoms with Crippen molar-refractivity contribution in [1.82, 2.24) is 15.0 Å². The van der Waals surface area contributed by atoms with Gasteiger partial charge in [0.25, 0.3) is 5.69 Å². The van der Waals surface area contributed by atoms with E-state index in [1.807, 2.05) is 0 Å². The first-order valence-electron chi connectivity index (χ1n) is 4.42. The van der Waals surface area contributed by atoms with Crippen LogP contribution in [-0.2, 0) is 0 Å². The summed E-state index contributed by atoms with van der Waals surface area (Å²) in [5.41, 5.74) is -0.108. The third-order valence-corrected chi connectivity index (χ3v) is 2.71. The maximum absolute atomic E-state index is 10.6. The number of aromatic nitrogens is 3. The number of nitro groups is 1. The Kier molecular flexibility index (Phi) is 3.50. The number of pyridine rings is 1. The van der Waals surface area contributed by atoms with Crippen LogP contribution in [0.5, 0.6) is 0 Å². The second-order valence-electron chi connectivity index (χ2n) is 2.88. The van der Waals surface area contributed by atoms with Gasteiger partial charge in [0.05, 0.1) is 11.0 Å². The van der Waals surface area contributed by atoms with Crippen LogP contribution in [0.3, 0.4) is 0 Å². The monoisotopic (exact) mass is 268 g/mol. The summed E-state index contributed by atoms with van der Waals surface area (Å²) < 4.78 is 0. The molecule has 8 heteroatoms. The van der Waals surface area contributed by atoms with Crippen molar-refractivity contribution in [2.45, 2.75) is 10.2 Å². The third-order valence-electron chi connectivity index (χ3n) is 1.70. The minimum atomic E-state index is -0.524. The fraction of sp³-hybridized carbons (Fsp3) is 0. The van der Waals surface area contributed by atoms with Gasteiger partial charge in [-0.15, -0.1) is 0 Å². The van der Waals surface area contributed by atoms with Gasteiger partial charge in [-0.05, 0) is 17.8 Å². The molecule has 6 nitrogen and oxygen atoms in total. The standard InChI is InChI=1S/C9H5ClN4O2S/c10-7-4-6(14(15)16)5-8(13-7)17-9-11-2-1-3-12-9/h1-5H. The lowest BCUT2D eigenvalue weighted by Crippen LogP contribution is -1.91. The number of rotatable bonds is 3. The molecule has 86 valence electrons. The fourth-order valence-corrected chi connectivity index (χ4v) is 2.04. The van der Waals surface area contributed by atoms with Gasteiger partial charge in [-0.2, -0.15) is 0 Å². The molecule has 0 spiro atoms. The summed E-state index contributed by atoms with van der Waals surface area (Å²) in [5.74, 6) is 0.